The maximum absolute atomic E-state index is 12.5. The number of hydrogen-bond donors (Lipinski definition) is 3. The molecule has 1 aromatic rings. The molecule has 0 saturated heterocycles. The minimum Gasteiger partial charge on any atom is -0.409 e. The SMILES string of the molecule is N/C(=N/O)C1(NC(=O)c2ccc(I)cc2)CCCCCC1. The summed E-state index contributed by atoms with van der Waals surface area (Å²) in [5, 5.41) is 15.2. The zero-order chi connectivity index (χ0) is 15.3. The smallest absolute Gasteiger partial charge is 0.252 e. The van der Waals surface area contributed by atoms with Crippen LogP contribution >= 0.6 is 22.6 Å². The van der Waals surface area contributed by atoms with Gasteiger partial charge in [-0.2, -0.15) is 0 Å². The van der Waals surface area contributed by atoms with Gasteiger partial charge < -0.3 is 16.3 Å². The van der Waals surface area contributed by atoms with E-state index in [1.54, 1.807) is 12.1 Å². The topological polar surface area (TPSA) is 87.7 Å². The van der Waals surface area contributed by atoms with Gasteiger partial charge >= 0.3 is 0 Å². The number of nitrogens with one attached hydrogen (secondary N) is 1. The molecular formula is C15H20IN3O2. The first-order valence-corrected chi connectivity index (χ1v) is 8.21. The van der Waals surface area contributed by atoms with Gasteiger partial charge in [0.1, 0.15) is 5.54 Å². The summed E-state index contributed by atoms with van der Waals surface area (Å²) >= 11 is 2.20. The maximum Gasteiger partial charge on any atom is 0.252 e. The molecule has 0 radical (unpaired) electrons. The molecule has 0 aliphatic heterocycles. The van der Waals surface area contributed by atoms with E-state index in [9.17, 15) is 4.79 Å². The van der Waals surface area contributed by atoms with Crippen LogP contribution in [0.15, 0.2) is 29.4 Å². The Hall–Kier alpha value is -1.31. The van der Waals surface area contributed by atoms with Crippen molar-refractivity contribution in [1.82, 2.24) is 5.32 Å². The molecule has 1 aliphatic rings. The summed E-state index contributed by atoms with van der Waals surface area (Å²) in [6.45, 7) is 0. The number of nitrogens with zero attached hydrogens (tertiary/aromatic N) is 1. The van der Waals surface area contributed by atoms with Crippen molar-refractivity contribution in [2.24, 2.45) is 10.9 Å². The van der Waals surface area contributed by atoms with Crippen molar-refractivity contribution >= 4 is 34.3 Å². The molecule has 2 rings (SSSR count). The van der Waals surface area contributed by atoms with E-state index in [-0.39, 0.29) is 11.7 Å². The Kier molecular flexibility index (Phi) is 5.44. The van der Waals surface area contributed by atoms with Gasteiger partial charge in [-0.05, 0) is 59.7 Å². The first-order chi connectivity index (χ1) is 10.1. The first kappa shape index (κ1) is 16.1. The lowest BCUT2D eigenvalue weighted by molar-refractivity contribution is 0.0915. The fourth-order valence-electron chi connectivity index (χ4n) is 2.76. The molecule has 1 aliphatic carbocycles. The van der Waals surface area contributed by atoms with Crippen LogP contribution in [0.25, 0.3) is 0 Å². The number of oxime groups is 1. The number of carbonyl (C=O) groups is 1. The third kappa shape index (κ3) is 3.87. The van der Waals surface area contributed by atoms with E-state index in [4.69, 9.17) is 10.9 Å². The fraction of sp³-hybridized carbons (Fsp3) is 0.467. The van der Waals surface area contributed by atoms with Gasteiger partial charge in [0.05, 0.1) is 0 Å². The molecule has 4 N–H and O–H groups in total. The first-order valence-electron chi connectivity index (χ1n) is 7.13. The van der Waals surface area contributed by atoms with Crippen molar-refractivity contribution in [2.45, 2.75) is 44.1 Å². The zero-order valence-electron chi connectivity index (χ0n) is 11.8. The second-order valence-electron chi connectivity index (χ2n) is 5.44. The number of amides is 1. The molecule has 0 atom stereocenters. The summed E-state index contributed by atoms with van der Waals surface area (Å²) in [4.78, 5) is 12.5. The predicted octanol–water partition coefficient (Wildman–Crippen LogP) is 2.86. The molecule has 0 aromatic heterocycles. The Morgan fingerprint density at radius 2 is 1.76 bits per heavy atom. The van der Waals surface area contributed by atoms with Crippen molar-refractivity contribution in [3.05, 3.63) is 33.4 Å². The second kappa shape index (κ2) is 7.11. The van der Waals surface area contributed by atoms with Crippen molar-refractivity contribution in [3.63, 3.8) is 0 Å². The van der Waals surface area contributed by atoms with E-state index < -0.39 is 5.54 Å². The van der Waals surface area contributed by atoms with Crippen LogP contribution in [0.3, 0.4) is 0 Å². The number of nitrogens with two attached hydrogens (primary N) is 1. The quantitative estimate of drug-likeness (QED) is 0.182. The molecule has 1 saturated carbocycles. The average Bonchev–Trinajstić information content (AvgIpc) is 2.73. The van der Waals surface area contributed by atoms with Gasteiger partial charge in [0.15, 0.2) is 5.84 Å². The maximum atomic E-state index is 12.5. The van der Waals surface area contributed by atoms with Crippen molar-refractivity contribution in [3.8, 4) is 0 Å². The lowest BCUT2D eigenvalue weighted by Gasteiger charge is -2.32. The Bertz CT molecular complexity index is 520. The monoisotopic (exact) mass is 401 g/mol. The van der Waals surface area contributed by atoms with Gasteiger partial charge in [-0.3, -0.25) is 4.79 Å². The molecule has 1 amide bonds. The molecule has 0 unspecified atom stereocenters. The minimum absolute atomic E-state index is 0.100. The molecule has 21 heavy (non-hydrogen) atoms. The molecule has 0 bridgehead atoms. The Labute approximate surface area is 138 Å². The lowest BCUT2D eigenvalue weighted by atomic mass is 9.88. The van der Waals surface area contributed by atoms with Crippen LogP contribution in [0.2, 0.25) is 0 Å². The van der Waals surface area contributed by atoms with E-state index in [2.05, 4.69) is 33.1 Å². The van der Waals surface area contributed by atoms with Crippen LogP contribution in [0.1, 0.15) is 48.9 Å². The average molecular weight is 401 g/mol. The highest BCUT2D eigenvalue weighted by molar-refractivity contribution is 14.1. The van der Waals surface area contributed by atoms with Gasteiger partial charge in [0.25, 0.3) is 5.91 Å². The Balaban J connectivity index is 2.22. The number of benzene rings is 1. The van der Waals surface area contributed by atoms with Crippen molar-refractivity contribution in [1.29, 1.82) is 0 Å². The van der Waals surface area contributed by atoms with Crippen molar-refractivity contribution in [2.75, 3.05) is 0 Å². The lowest BCUT2D eigenvalue weighted by Crippen LogP contribution is -2.57. The molecule has 0 spiro atoms. The molecule has 0 heterocycles. The highest BCUT2D eigenvalue weighted by Crippen LogP contribution is 2.28. The molecule has 5 nitrogen and oxygen atoms in total. The summed E-state index contributed by atoms with van der Waals surface area (Å²) < 4.78 is 1.07. The number of halogens is 1. The zero-order valence-corrected chi connectivity index (χ0v) is 14.0. The molecule has 1 fully saturated rings. The second-order valence-corrected chi connectivity index (χ2v) is 6.69. The Morgan fingerprint density at radius 1 is 1.19 bits per heavy atom. The summed E-state index contributed by atoms with van der Waals surface area (Å²) in [6, 6.07) is 7.35. The highest BCUT2D eigenvalue weighted by Gasteiger charge is 2.37. The summed E-state index contributed by atoms with van der Waals surface area (Å²) in [5.74, 6) is -0.0804. The predicted molar refractivity (Wildman–Crippen MR) is 90.5 cm³/mol. The molecule has 1 aromatic carbocycles. The van der Waals surface area contributed by atoms with Gasteiger partial charge in [0.2, 0.25) is 0 Å². The minimum atomic E-state index is -0.731. The number of amidine groups is 1. The van der Waals surface area contributed by atoms with E-state index in [0.717, 1.165) is 29.3 Å². The van der Waals surface area contributed by atoms with Crippen molar-refractivity contribution < 1.29 is 10.0 Å². The van der Waals surface area contributed by atoms with Crippen LogP contribution in [0, 0.1) is 3.57 Å². The summed E-state index contributed by atoms with van der Waals surface area (Å²) in [6.07, 6.45) is 5.56. The summed E-state index contributed by atoms with van der Waals surface area (Å²) in [5.41, 5.74) is 5.74. The van der Waals surface area contributed by atoms with Crippen LogP contribution < -0.4 is 11.1 Å². The third-order valence-corrected chi connectivity index (χ3v) is 4.73. The molecular weight excluding hydrogens is 381 g/mol. The van der Waals surface area contributed by atoms with Gasteiger partial charge in [-0.25, -0.2) is 0 Å². The number of hydrogen-bond acceptors (Lipinski definition) is 3. The van der Waals surface area contributed by atoms with Crippen LogP contribution in [-0.2, 0) is 0 Å². The van der Waals surface area contributed by atoms with Gasteiger partial charge in [-0.1, -0.05) is 30.8 Å². The largest absolute Gasteiger partial charge is 0.409 e. The number of carbonyl (C=O) groups excluding carboxylic acids is 1. The summed E-state index contributed by atoms with van der Waals surface area (Å²) in [7, 11) is 0. The van der Waals surface area contributed by atoms with E-state index in [1.165, 1.54) is 0 Å². The normalized spacial score (nSPS) is 18.8. The Morgan fingerprint density at radius 3 is 2.29 bits per heavy atom. The van der Waals surface area contributed by atoms with Crippen LogP contribution in [0.4, 0.5) is 0 Å². The van der Waals surface area contributed by atoms with Gasteiger partial charge in [-0.15, -0.1) is 0 Å². The number of rotatable bonds is 3. The van der Waals surface area contributed by atoms with Crippen LogP contribution in [-0.4, -0.2) is 22.5 Å². The third-order valence-electron chi connectivity index (χ3n) is 4.01. The van der Waals surface area contributed by atoms with Crippen LogP contribution in [0.5, 0.6) is 0 Å². The molecule has 6 heteroatoms. The standard InChI is InChI=1S/C15H20IN3O2/c16-12-7-5-11(6-8-12)13(20)18-15(14(17)19-21)9-3-1-2-4-10-15/h5-8,21H,1-4,9-10H2,(H2,17,19)(H,18,20). The fourth-order valence-corrected chi connectivity index (χ4v) is 3.12. The van der Waals surface area contributed by atoms with E-state index in [1.807, 2.05) is 12.1 Å². The van der Waals surface area contributed by atoms with E-state index >= 15 is 0 Å². The van der Waals surface area contributed by atoms with E-state index in [0.29, 0.717) is 18.4 Å². The van der Waals surface area contributed by atoms with Gasteiger partial charge in [0, 0.05) is 9.13 Å². The highest BCUT2D eigenvalue weighted by atomic mass is 127. The molecule has 114 valence electrons.